The van der Waals surface area contributed by atoms with Gasteiger partial charge in [-0.05, 0) is 25.5 Å². The predicted molar refractivity (Wildman–Crippen MR) is 104 cm³/mol. The van der Waals surface area contributed by atoms with Crippen LogP contribution in [0.15, 0.2) is 41.5 Å². The highest BCUT2D eigenvalue weighted by Gasteiger charge is 2.22. The molecule has 2 aromatic carbocycles. The van der Waals surface area contributed by atoms with Gasteiger partial charge >= 0.3 is 5.69 Å². The third kappa shape index (κ3) is 5.40. The third-order valence-electron chi connectivity index (χ3n) is 3.47. The fourth-order valence-corrected chi connectivity index (χ4v) is 2.30. The maximum atomic E-state index is 11.4. The number of ether oxygens (including phenoxy) is 2. The monoisotopic (exact) mass is 388 g/mol. The second-order valence-electron chi connectivity index (χ2n) is 5.58. The summed E-state index contributed by atoms with van der Waals surface area (Å²) >= 11 is 0. The van der Waals surface area contributed by atoms with E-state index in [1.54, 1.807) is 19.1 Å². The summed E-state index contributed by atoms with van der Waals surface area (Å²) in [5, 5.41) is 26.2. The standard InChI is InChI=1S/C18H20N4O6/c1-3-8-28-18-16(22(25)26)9-13(10-17(18)27-4-2)12-19-20-14-6-5-7-15(11-14)21(23)24/h5-7,9-12,20H,3-4,8H2,1-2H3. The van der Waals surface area contributed by atoms with E-state index in [4.69, 9.17) is 9.47 Å². The van der Waals surface area contributed by atoms with E-state index in [1.807, 2.05) is 6.92 Å². The fourth-order valence-electron chi connectivity index (χ4n) is 2.30. The molecule has 0 spiro atoms. The summed E-state index contributed by atoms with van der Waals surface area (Å²) < 4.78 is 11.0. The minimum atomic E-state index is -0.543. The van der Waals surface area contributed by atoms with Crippen molar-refractivity contribution in [2.75, 3.05) is 18.6 Å². The van der Waals surface area contributed by atoms with E-state index < -0.39 is 9.85 Å². The molecule has 0 saturated heterocycles. The first kappa shape index (κ1) is 20.6. The van der Waals surface area contributed by atoms with Crippen LogP contribution in [0.3, 0.4) is 0 Å². The average Bonchev–Trinajstić information content (AvgIpc) is 2.67. The second-order valence-corrected chi connectivity index (χ2v) is 5.58. The Balaban J connectivity index is 2.29. The zero-order valence-electron chi connectivity index (χ0n) is 15.5. The number of benzene rings is 2. The van der Waals surface area contributed by atoms with E-state index in [1.165, 1.54) is 30.5 Å². The first-order valence-electron chi connectivity index (χ1n) is 8.57. The highest BCUT2D eigenvalue weighted by atomic mass is 16.6. The molecule has 0 aromatic heterocycles. The van der Waals surface area contributed by atoms with Crippen LogP contribution in [0.25, 0.3) is 0 Å². The number of rotatable bonds is 10. The van der Waals surface area contributed by atoms with Crippen LogP contribution in [-0.2, 0) is 0 Å². The normalized spacial score (nSPS) is 10.6. The number of non-ortho nitro benzene ring substituents is 1. The highest BCUT2D eigenvalue weighted by molar-refractivity contribution is 5.83. The molecule has 0 unspecified atom stereocenters. The van der Waals surface area contributed by atoms with Crippen LogP contribution >= 0.6 is 0 Å². The van der Waals surface area contributed by atoms with Crippen molar-refractivity contribution in [2.45, 2.75) is 20.3 Å². The van der Waals surface area contributed by atoms with Gasteiger partial charge in [0.05, 0.1) is 35.0 Å². The molecule has 2 rings (SSSR count). The number of anilines is 1. The molecule has 10 heteroatoms. The molecule has 0 saturated carbocycles. The number of nitro benzene ring substituents is 2. The molecule has 0 fully saturated rings. The summed E-state index contributed by atoms with van der Waals surface area (Å²) in [6, 6.07) is 8.73. The molecule has 1 N–H and O–H groups in total. The summed E-state index contributed by atoms with van der Waals surface area (Å²) in [5.41, 5.74) is 3.18. The molecule has 0 radical (unpaired) electrons. The van der Waals surface area contributed by atoms with Crippen LogP contribution in [0.2, 0.25) is 0 Å². The van der Waals surface area contributed by atoms with Gasteiger partial charge in [0.2, 0.25) is 5.75 Å². The molecule has 0 bridgehead atoms. The van der Waals surface area contributed by atoms with E-state index in [9.17, 15) is 20.2 Å². The minimum Gasteiger partial charge on any atom is -0.490 e. The highest BCUT2D eigenvalue weighted by Crippen LogP contribution is 2.38. The first-order valence-corrected chi connectivity index (χ1v) is 8.57. The molecule has 0 aliphatic rings. The average molecular weight is 388 g/mol. The lowest BCUT2D eigenvalue weighted by atomic mass is 10.2. The Hall–Kier alpha value is -3.69. The summed E-state index contributed by atoms with van der Waals surface area (Å²) in [7, 11) is 0. The van der Waals surface area contributed by atoms with Gasteiger partial charge in [0.1, 0.15) is 0 Å². The molecule has 2 aromatic rings. The molecule has 10 nitrogen and oxygen atoms in total. The van der Waals surface area contributed by atoms with E-state index in [0.717, 1.165) is 0 Å². The Morgan fingerprint density at radius 2 is 1.89 bits per heavy atom. The van der Waals surface area contributed by atoms with E-state index in [2.05, 4.69) is 10.5 Å². The van der Waals surface area contributed by atoms with Gasteiger partial charge in [-0.25, -0.2) is 0 Å². The third-order valence-corrected chi connectivity index (χ3v) is 3.47. The lowest BCUT2D eigenvalue weighted by molar-refractivity contribution is -0.386. The van der Waals surface area contributed by atoms with Crippen LogP contribution in [0, 0.1) is 20.2 Å². The molecule has 0 amide bonds. The zero-order valence-corrected chi connectivity index (χ0v) is 15.5. The van der Waals surface area contributed by atoms with Crippen molar-refractivity contribution in [1.29, 1.82) is 0 Å². The van der Waals surface area contributed by atoms with Crippen LogP contribution in [0.4, 0.5) is 17.1 Å². The summed E-state index contributed by atoms with van der Waals surface area (Å²) in [4.78, 5) is 21.2. The number of nitrogens with zero attached hydrogens (tertiary/aromatic N) is 3. The second kappa shape index (κ2) is 9.86. The molecule has 148 valence electrons. The van der Waals surface area contributed by atoms with Crippen molar-refractivity contribution in [3.8, 4) is 11.5 Å². The Kier molecular flexibility index (Phi) is 7.26. The van der Waals surface area contributed by atoms with Gasteiger partial charge in [0.15, 0.2) is 5.75 Å². The number of nitro groups is 2. The van der Waals surface area contributed by atoms with Crippen molar-refractivity contribution in [2.24, 2.45) is 5.10 Å². The molecule has 28 heavy (non-hydrogen) atoms. The first-order chi connectivity index (χ1) is 13.5. The lowest BCUT2D eigenvalue weighted by Gasteiger charge is -2.12. The van der Waals surface area contributed by atoms with Crippen molar-refractivity contribution in [3.63, 3.8) is 0 Å². The summed E-state index contributed by atoms with van der Waals surface area (Å²) in [6.07, 6.45) is 2.05. The smallest absolute Gasteiger partial charge is 0.315 e. The van der Waals surface area contributed by atoms with Gasteiger partial charge < -0.3 is 9.47 Å². The van der Waals surface area contributed by atoms with Crippen LogP contribution in [0.5, 0.6) is 11.5 Å². The van der Waals surface area contributed by atoms with Crippen molar-refractivity contribution >= 4 is 23.3 Å². The largest absolute Gasteiger partial charge is 0.490 e. The van der Waals surface area contributed by atoms with Crippen molar-refractivity contribution in [1.82, 2.24) is 0 Å². The number of hydrogen-bond donors (Lipinski definition) is 1. The van der Waals surface area contributed by atoms with E-state index >= 15 is 0 Å². The predicted octanol–water partition coefficient (Wildman–Crippen LogP) is 4.14. The van der Waals surface area contributed by atoms with E-state index in [-0.39, 0.29) is 22.9 Å². The van der Waals surface area contributed by atoms with Gasteiger partial charge in [-0.2, -0.15) is 5.10 Å². The number of nitrogens with one attached hydrogen (secondary N) is 1. The summed E-state index contributed by atoms with van der Waals surface area (Å²) in [5.74, 6) is 0.333. The van der Waals surface area contributed by atoms with E-state index in [0.29, 0.717) is 30.9 Å². The summed E-state index contributed by atoms with van der Waals surface area (Å²) in [6.45, 7) is 4.29. The number of hydrazone groups is 1. The van der Waals surface area contributed by atoms with Gasteiger partial charge in [0, 0.05) is 23.8 Å². The van der Waals surface area contributed by atoms with Crippen molar-refractivity contribution < 1.29 is 19.3 Å². The van der Waals surface area contributed by atoms with Crippen LogP contribution in [0.1, 0.15) is 25.8 Å². The number of hydrogen-bond acceptors (Lipinski definition) is 8. The maximum Gasteiger partial charge on any atom is 0.315 e. The zero-order chi connectivity index (χ0) is 20.5. The quantitative estimate of drug-likeness (QED) is 0.368. The molecular weight excluding hydrogens is 368 g/mol. The lowest BCUT2D eigenvalue weighted by Crippen LogP contribution is -2.04. The maximum absolute atomic E-state index is 11.4. The van der Waals surface area contributed by atoms with Gasteiger partial charge in [-0.3, -0.25) is 25.7 Å². The molecule has 0 atom stereocenters. The molecule has 0 aliphatic heterocycles. The Morgan fingerprint density at radius 3 is 2.54 bits per heavy atom. The Morgan fingerprint density at radius 1 is 1.11 bits per heavy atom. The fraction of sp³-hybridized carbons (Fsp3) is 0.278. The molecule has 0 heterocycles. The van der Waals surface area contributed by atoms with Crippen LogP contribution < -0.4 is 14.9 Å². The Bertz CT molecular complexity index is 884. The molecule has 0 aliphatic carbocycles. The van der Waals surface area contributed by atoms with Gasteiger partial charge in [-0.15, -0.1) is 0 Å². The molecular formula is C18H20N4O6. The Labute approximate surface area is 161 Å². The SMILES string of the molecule is CCCOc1c(OCC)cc(C=NNc2cccc([N+](=O)[O-])c2)cc1[N+](=O)[O-]. The minimum absolute atomic E-state index is 0.0769. The van der Waals surface area contributed by atoms with Gasteiger partial charge in [-0.1, -0.05) is 13.0 Å². The topological polar surface area (TPSA) is 129 Å². The van der Waals surface area contributed by atoms with Crippen LogP contribution in [-0.4, -0.2) is 29.3 Å². The van der Waals surface area contributed by atoms with Gasteiger partial charge in [0.25, 0.3) is 5.69 Å². The van der Waals surface area contributed by atoms with Crippen molar-refractivity contribution in [3.05, 3.63) is 62.2 Å².